The number of hydrogen-bond donors (Lipinski definition) is 0. The molecular formula is C19H27NO4. The van der Waals surface area contributed by atoms with E-state index in [2.05, 4.69) is 0 Å². The SMILES string of the molecule is CCOC(=O)C1CCCN(C(=O)c2cc(C)c(OC)c(C)c2C)C1. The predicted molar refractivity (Wildman–Crippen MR) is 92.5 cm³/mol. The van der Waals surface area contributed by atoms with Crippen molar-refractivity contribution >= 4 is 11.9 Å². The average molecular weight is 333 g/mol. The standard InChI is InChI=1S/C19H27NO4/c1-6-24-19(22)15-8-7-9-20(11-15)18(21)16-10-12(2)17(23-5)14(4)13(16)3/h10,15H,6-9,11H2,1-5H3. The molecule has 1 aliphatic heterocycles. The Morgan fingerprint density at radius 2 is 1.96 bits per heavy atom. The molecule has 1 unspecified atom stereocenters. The third-order valence-electron chi connectivity index (χ3n) is 4.79. The fraction of sp³-hybridized carbons (Fsp3) is 0.579. The zero-order valence-corrected chi connectivity index (χ0v) is 15.3. The summed E-state index contributed by atoms with van der Waals surface area (Å²) in [6.07, 6.45) is 1.60. The molecule has 1 aromatic rings. The Kier molecular flexibility index (Phi) is 5.86. The number of methoxy groups -OCH3 is 1. The summed E-state index contributed by atoms with van der Waals surface area (Å²) in [7, 11) is 1.64. The Morgan fingerprint density at radius 1 is 1.25 bits per heavy atom. The summed E-state index contributed by atoms with van der Waals surface area (Å²) < 4.78 is 10.5. The number of esters is 1. The van der Waals surface area contributed by atoms with Crippen molar-refractivity contribution in [1.29, 1.82) is 0 Å². The Labute approximate surface area is 143 Å². The largest absolute Gasteiger partial charge is 0.496 e. The first-order valence-electron chi connectivity index (χ1n) is 8.51. The van der Waals surface area contributed by atoms with Crippen molar-refractivity contribution in [3.63, 3.8) is 0 Å². The van der Waals surface area contributed by atoms with Gasteiger partial charge in [0.1, 0.15) is 5.75 Å². The number of amides is 1. The van der Waals surface area contributed by atoms with Gasteiger partial charge in [-0.15, -0.1) is 0 Å². The van der Waals surface area contributed by atoms with Crippen LogP contribution >= 0.6 is 0 Å². The highest BCUT2D eigenvalue weighted by atomic mass is 16.5. The van der Waals surface area contributed by atoms with Crippen molar-refractivity contribution in [2.24, 2.45) is 5.92 Å². The number of nitrogens with zero attached hydrogens (tertiary/aromatic N) is 1. The Balaban J connectivity index is 2.24. The van der Waals surface area contributed by atoms with Crippen LogP contribution in [-0.2, 0) is 9.53 Å². The molecule has 132 valence electrons. The van der Waals surface area contributed by atoms with E-state index in [1.54, 1.807) is 18.9 Å². The molecule has 0 aromatic heterocycles. The summed E-state index contributed by atoms with van der Waals surface area (Å²) in [6.45, 7) is 9.14. The number of benzene rings is 1. The molecule has 0 bridgehead atoms. The summed E-state index contributed by atoms with van der Waals surface area (Å²) in [5.41, 5.74) is 3.55. The van der Waals surface area contributed by atoms with Gasteiger partial charge < -0.3 is 14.4 Å². The predicted octanol–water partition coefficient (Wildman–Crippen LogP) is 3.04. The molecule has 1 aliphatic rings. The van der Waals surface area contributed by atoms with Crippen LogP contribution in [0.3, 0.4) is 0 Å². The van der Waals surface area contributed by atoms with Crippen molar-refractivity contribution in [3.05, 3.63) is 28.3 Å². The lowest BCUT2D eigenvalue weighted by Gasteiger charge is -2.32. The monoisotopic (exact) mass is 333 g/mol. The van der Waals surface area contributed by atoms with Gasteiger partial charge in [0.25, 0.3) is 5.91 Å². The van der Waals surface area contributed by atoms with Crippen LogP contribution in [0.2, 0.25) is 0 Å². The molecule has 0 spiro atoms. The summed E-state index contributed by atoms with van der Waals surface area (Å²) >= 11 is 0. The molecule has 1 aromatic carbocycles. The fourth-order valence-electron chi connectivity index (χ4n) is 3.38. The van der Waals surface area contributed by atoms with E-state index in [0.717, 1.165) is 35.3 Å². The van der Waals surface area contributed by atoms with Gasteiger partial charge in [0, 0.05) is 18.7 Å². The number of ether oxygens (including phenoxy) is 2. The van der Waals surface area contributed by atoms with Crippen LogP contribution in [0.5, 0.6) is 5.75 Å². The van der Waals surface area contributed by atoms with Crippen LogP contribution in [0.4, 0.5) is 0 Å². The second-order valence-electron chi connectivity index (χ2n) is 6.37. The third-order valence-corrected chi connectivity index (χ3v) is 4.79. The van der Waals surface area contributed by atoms with E-state index in [0.29, 0.717) is 25.3 Å². The number of carbonyl (C=O) groups is 2. The molecule has 1 amide bonds. The smallest absolute Gasteiger partial charge is 0.310 e. The highest BCUT2D eigenvalue weighted by molar-refractivity contribution is 5.97. The van der Waals surface area contributed by atoms with E-state index in [9.17, 15) is 9.59 Å². The molecule has 1 saturated heterocycles. The van der Waals surface area contributed by atoms with Gasteiger partial charge in [-0.25, -0.2) is 0 Å². The van der Waals surface area contributed by atoms with E-state index in [-0.39, 0.29) is 17.8 Å². The van der Waals surface area contributed by atoms with Crippen molar-refractivity contribution in [3.8, 4) is 5.75 Å². The number of piperidine rings is 1. The van der Waals surface area contributed by atoms with Gasteiger partial charge in [0.2, 0.25) is 0 Å². The van der Waals surface area contributed by atoms with E-state index in [1.807, 2.05) is 26.8 Å². The molecule has 1 heterocycles. The summed E-state index contributed by atoms with van der Waals surface area (Å²) in [5, 5.41) is 0. The first-order valence-corrected chi connectivity index (χ1v) is 8.51. The minimum atomic E-state index is -0.219. The number of likely N-dealkylation sites (tertiary alicyclic amines) is 1. The minimum Gasteiger partial charge on any atom is -0.496 e. The van der Waals surface area contributed by atoms with Crippen LogP contribution in [0.1, 0.15) is 46.8 Å². The van der Waals surface area contributed by atoms with Gasteiger partial charge in [-0.1, -0.05) is 0 Å². The lowest BCUT2D eigenvalue weighted by atomic mass is 9.94. The molecule has 0 saturated carbocycles. The van der Waals surface area contributed by atoms with E-state index in [4.69, 9.17) is 9.47 Å². The minimum absolute atomic E-state index is 0.0182. The normalized spacial score (nSPS) is 17.5. The molecular weight excluding hydrogens is 306 g/mol. The maximum atomic E-state index is 13.0. The highest BCUT2D eigenvalue weighted by Crippen LogP contribution is 2.30. The van der Waals surface area contributed by atoms with Crippen LogP contribution < -0.4 is 4.74 Å². The maximum Gasteiger partial charge on any atom is 0.310 e. The molecule has 1 fully saturated rings. The zero-order chi connectivity index (χ0) is 17.9. The van der Waals surface area contributed by atoms with Gasteiger partial charge in [-0.05, 0) is 63.3 Å². The van der Waals surface area contributed by atoms with Crippen molar-refractivity contribution < 1.29 is 19.1 Å². The Bertz CT molecular complexity index is 639. The number of hydrogen-bond acceptors (Lipinski definition) is 4. The molecule has 1 atom stereocenters. The van der Waals surface area contributed by atoms with Crippen LogP contribution in [0, 0.1) is 26.7 Å². The fourth-order valence-corrected chi connectivity index (χ4v) is 3.38. The maximum absolute atomic E-state index is 13.0. The first-order chi connectivity index (χ1) is 11.4. The Hall–Kier alpha value is -2.04. The molecule has 2 rings (SSSR count). The van der Waals surface area contributed by atoms with Gasteiger partial charge in [0.15, 0.2) is 0 Å². The number of rotatable bonds is 4. The lowest BCUT2D eigenvalue weighted by Crippen LogP contribution is -2.43. The average Bonchev–Trinajstić information content (AvgIpc) is 2.58. The van der Waals surface area contributed by atoms with E-state index < -0.39 is 0 Å². The van der Waals surface area contributed by atoms with Gasteiger partial charge in [-0.2, -0.15) is 0 Å². The second-order valence-corrected chi connectivity index (χ2v) is 6.37. The van der Waals surface area contributed by atoms with Crippen LogP contribution in [0.25, 0.3) is 0 Å². The second kappa shape index (κ2) is 7.69. The topological polar surface area (TPSA) is 55.8 Å². The van der Waals surface area contributed by atoms with E-state index in [1.165, 1.54) is 0 Å². The zero-order valence-electron chi connectivity index (χ0n) is 15.3. The number of aryl methyl sites for hydroxylation is 1. The lowest BCUT2D eigenvalue weighted by molar-refractivity contribution is -0.149. The summed E-state index contributed by atoms with van der Waals surface area (Å²) in [4.78, 5) is 26.7. The number of carbonyl (C=O) groups excluding carboxylic acids is 2. The molecule has 5 heteroatoms. The third kappa shape index (κ3) is 3.55. The summed E-state index contributed by atoms with van der Waals surface area (Å²) in [6, 6.07) is 1.89. The van der Waals surface area contributed by atoms with Gasteiger partial charge in [-0.3, -0.25) is 9.59 Å². The van der Waals surface area contributed by atoms with Crippen molar-refractivity contribution in [2.75, 3.05) is 26.8 Å². The highest BCUT2D eigenvalue weighted by Gasteiger charge is 2.30. The summed E-state index contributed by atoms with van der Waals surface area (Å²) in [5.74, 6) is 0.389. The molecule has 24 heavy (non-hydrogen) atoms. The molecule has 5 nitrogen and oxygen atoms in total. The van der Waals surface area contributed by atoms with Gasteiger partial charge in [0.05, 0.1) is 19.6 Å². The first kappa shape index (κ1) is 18.3. The van der Waals surface area contributed by atoms with Crippen molar-refractivity contribution in [1.82, 2.24) is 4.90 Å². The van der Waals surface area contributed by atoms with E-state index >= 15 is 0 Å². The molecule has 0 aliphatic carbocycles. The van der Waals surface area contributed by atoms with Crippen LogP contribution in [-0.4, -0.2) is 43.6 Å². The molecule has 0 N–H and O–H groups in total. The quantitative estimate of drug-likeness (QED) is 0.795. The Morgan fingerprint density at radius 3 is 2.58 bits per heavy atom. The van der Waals surface area contributed by atoms with Gasteiger partial charge >= 0.3 is 5.97 Å². The molecule has 0 radical (unpaired) electrons. The van der Waals surface area contributed by atoms with Crippen molar-refractivity contribution in [2.45, 2.75) is 40.5 Å². The van der Waals surface area contributed by atoms with Crippen LogP contribution in [0.15, 0.2) is 6.07 Å².